The number of aromatic carboxylic acids is 1. The van der Waals surface area contributed by atoms with Crippen molar-refractivity contribution in [3.05, 3.63) is 29.8 Å². The van der Waals surface area contributed by atoms with Crippen LogP contribution in [0.25, 0.3) is 0 Å². The minimum absolute atomic E-state index is 0.368. The van der Waals surface area contributed by atoms with E-state index in [9.17, 15) is 4.79 Å². The monoisotopic (exact) mass is 250 g/mol. The summed E-state index contributed by atoms with van der Waals surface area (Å²) in [5, 5.41) is 8.80. The number of hydrogen-bond acceptors (Lipinski definition) is 2. The minimum atomic E-state index is -0.853. The third-order valence-corrected chi connectivity index (χ3v) is 4.56. The molecule has 1 fully saturated rings. The maximum absolute atomic E-state index is 10.7. The first-order valence-electron chi connectivity index (χ1n) is 6.22. The summed E-state index contributed by atoms with van der Waals surface area (Å²) in [7, 11) is 0. The van der Waals surface area contributed by atoms with Gasteiger partial charge in [-0.05, 0) is 43.0 Å². The molecule has 1 aliphatic carbocycles. The van der Waals surface area contributed by atoms with Crippen LogP contribution in [0.5, 0.6) is 0 Å². The molecular weight excluding hydrogens is 232 g/mol. The number of carbonyl (C=O) groups is 1. The minimum Gasteiger partial charge on any atom is -0.478 e. The summed E-state index contributed by atoms with van der Waals surface area (Å²) < 4.78 is 0. The Morgan fingerprint density at radius 3 is 2.41 bits per heavy atom. The van der Waals surface area contributed by atoms with Gasteiger partial charge in [-0.1, -0.05) is 19.3 Å². The Morgan fingerprint density at radius 2 is 1.82 bits per heavy atom. The number of hydrogen-bond donors (Lipinski definition) is 1. The molecule has 2 rings (SSSR count). The van der Waals surface area contributed by atoms with Gasteiger partial charge in [-0.2, -0.15) is 0 Å². The number of benzene rings is 1. The third-order valence-electron chi connectivity index (χ3n) is 3.31. The second-order valence-electron chi connectivity index (χ2n) is 4.64. The number of thioether (sulfide) groups is 1. The van der Waals surface area contributed by atoms with E-state index in [4.69, 9.17) is 5.11 Å². The van der Waals surface area contributed by atoms with Crippen molar-refractivity contribution in [1.82, 2.24) is 0 Å². The van der Waals surface area contributed by atoms with Crippen LogP contribution in [0, 0.1) is 5.92 Å². The van der Waals surface area contributed by atoms with Crippen molar-refractivity contribution >= 4 is 17.7 Å². The van der Waals surface area contributed by atoms with Gasteiger partial charge < -0.3 is 5.11 Å². The zero-order valence-corrected chi connectivity index (χ0v) is 10.7. The highest BCUT2D eigenvalue weighted by Crippen LogP contribution is 2.29. The molecular formula is C14H18O2S. The topological polar surface area (TPSA) is 37.3 Å². The fourth-order valence-corrected chi connectivity index (χ4v) is 3.35. The van der Waals surface area contributed by atoms with Crippen molar-refractivity contribution in [3.63, 3.8) is 0 Å². The first-order chi connectivity index (χ1) is 8.25. The van der Waals surface area contributed by atoms with Gasteiger partial charge >= 0.3 is 5.97 Å². The largest absolute Gasteiger partial charge is 0.478 e. The first kappa shape index (κ1) is 12.5. The molecule has 2 nitrogen and oxygen atoms in total. The van der Waals surface area contributed by atoms with Crippen LogP contribution in [-0.4, -0.2) is 16.8 Å². The SMILES string of the molecule is O=C(O)c1ccc(SCC2CCCCC2)cc1. The van der Waals surface area contributed by atoms with Crippen molar-refractivity contribution < 1.29 is 9.90 Å². The van der Waals surface area contributed by atoms with Gasteiger partial charge in [-0.25, -0.2) is 4.79 Å². The third kappa shape index (κ3) is 3.77. The average Bonchev–Trinajstić information content (AvgIpc) is 2.38. The van der Waals surface area contributed by atoms with Crippen LogP contribution in [0.3, 0.4) is 0 Å². The zero-order chi connectivity index (χ0) is 12.1. The van der Waals surface area contributed by atoms with Crippen LogP contribution in [0.1, 0.15) is 42.5 Å². The van der Waals surface area contributed by atoms with Crippen molar-refractivity contribution in [3.8, 4) is 0 Å². The van der Waals surface area contributed by atoms with E-state index in [1.165, 1.54) is 42.8 Å². The van der Waals surface area contributed by atoms with Gasteiger partial charge in [0.1, 0.15) is 0 Å². The maximum Gasteiger partial charge on any atom is 0.335 e. The van der Waals surface area contributed by atoms with Gasteiger partial charge in [0, 0.05) is 10.6 Å². The van der Waals surface area contributed by atoms with Gasteiger partial charge in [0.15, 0.2) is 0 Å². The fourth-order valence-electron chi connectivity index (χ4n) is 2.26. The van der Waals surface area contributed by atoms with E-state index in [1.54, 1.807) is 12.1 Å². The molecule has 1 aromatic carbocycles. The quantitative estimate of drug-likeness (QED) is 0.819. The highest BCUT2D eigenvalue weighted by molar-refractivity contribution is 7.99. The van der Waals surface area contributed by atoms with Gasteiger partial charge in [0.25, 0.3) is 0 Å². The fraction of sp³-hybridized carbons (Fsp3) is 0.500. The van der Waals surface area contributed by atoms with Crippen LogP contribution in [0.2, 0.25) is 0 Å². The predicted molar refractivity (Wildman–Crippen MR) is 70.7 cm³/mol. The highest BCUT2D eigenvalue weighted by atomic mass is 32.2. The average molecular weight is 250 g/mol. The second-order valence-corrected chi connectivity index (χ2v) is 5.74. The summed E-state index contributed by atoms with van der Waals surface area (Å²) in [5.74, 6) is 1.17. The molecule has 0 unspecified atom stereocenters. The summed E-state index contributed by atoms with van der Waals surface area (Å²) in [4.78, 5) is 11.9. The van der Waals surface area contributed by atoms with Crippen LogP contribution in [0.4, 0.5) is 0 Å². The Hall–Kier alpha value is -0.960. The first-order valence-corrected chi connectivity index (χ1v) is 7.20. The lowest BCUT2D eigenvalue weighted by molar-refractivity contribution is 0.0697. The van der Waals surface area contributed by atoms with E-state index in [0.29, 0.717) is 5.56 Å². The predicted octanol–water partition coefficient (Wildman–Crippen LogP) is 4.06. The Balaban J connectivity index is 1.84. The summed E-state index contributed by atoms with van der Waals surface area (Å²) in [6, 6.07) is 7.20. The molecule has 0 amide bonds. The molecule has 17 heavy (non-hydrogen) atoms. The van der Waals surface area contributed by atoms with Crippen molar-refractivity contribution in [2.75, 3.05) is 5.75 Å². The summed E-state index contributed by atoms with van der Waals surface area (Å²) in [6.45, 7) is 0. The summed E-state index contributed by atoms with van der Waals surface area (Å²) in [5.41, 5.74) is 0.368. The number of carboxylic acids is 1. The van der Waals surface area contributed by atoms with Crippen molar-refractivity contribution in [2.45, 2.75) is 37.0 Å². The van der Waals surface area contributed by atoms with Gasteiger partial charge in [-0.3, -0.25) is 0 Å². The second kappa shape index (κ2) is 6.10. The van der Waals surface area contributed by atoms with Crippen molar-refractivity contribution in [1.29, 1.82) is 0 Å². The Bertz CT molecular complexity index is 366. The summed E-state index contributed by atoms with van der Waals surface area (Å²) >= 11 is 1.85. The molecule has 0 aromatic heterocycles. The van der Waals surface area contributed by atoms with Gasteiger partial charge in [0.2, 0.25) is 0 Å². The normalized spacial score (nSPS) is 16.9. The molecule has 0 aliphatic heterocycles. The Morgan fingerprint density at radius 1 is 1.18 bits per heavy atom. The molecule has 0 heterocycles. The molecule has 1 N–H and O–H groups in total. The lowest BCUT2D eigenvalue weighted by Crippen LogP contribution is -2.08. The molecule has 3 heteroatoms. The van der Waals surface area contributed by atoms with Crippen molar-refractivity contribution in [2.24, 2.45) is 5.92 Å². The molecule has 1 aliphatic rings. The highest BCUT2D eigenvalue weighted by Gasteiger charge is 2.13. The van der Waals surface area contributed by atoms with E-state index >= 15 is 0 Å². The smallest absolute Gasteiger partial charge is 0.335 e. The Kier molecular flexibility index (Phi) is 4.49. The van der Waals surface area contributed by atoms with Gasteiger partial charge in [-0.15, -0.1) is 11.8 Å². The Labute approximate surface area is 106 Å². The number of carboxylic acid groups (broad SMARTS) is 1. The lowest BCUT2D eigenvalue weighted by Gasteiger charge is -2.20. The van der Waals surface area contributed by atoms with Crippen LogP contribution >= 0.6 is 11.8 Å². The van der Waals surface area contributed by atoms with Crippen LogP contribution in [0.15, 0.2) is 29.2 Å². The zero-order valence-electron chi connectivity index (χ0n) is 9.89. The molecule has 0 radical (unpaired) electrons. The maximum atomic E-state index is 10.7. The summed E-state index contributed by atoms with van der Waals surface area (Å²) in [6.07, 6.45) is 6.88. The standard InChI is InChI=1S/C14H18O2S/c15-14(16)12-6-8-13(9-7-12)17-10-11-4-2-1-3-5-11/h6-9,11H,1-5,10H2,(H,15,16). The van der Waals surface area contributed by atoms with E-state index in [2.05, 4.69) is 0 Å². The van der Waals surface area contributed by atoms with Crippen LogP contribution < -0.4 is 0 Å². The lowest BCUT2D eigenvalue weighted by atomic mass is 9.91. The van der Waals surface area contributed by atoms with E-state index in [1.807, 2.05) is 23.9 Å². The van der Waals surface area contributed by atoms with E-state index in [-0.39, 0.29) is 0 Å². The van der Waals surface area contributed by atoms with E-state index < -0.39 is 5.97 Å². The molecule has 0 atom stereocenters. The van der Waals surface area contributed by atoms with Crippen LogP contribution in [-0.2, 0) is 0 Å². The molecule has 92 valence electrons. The molecule has 1 aromatic rings. The molecule has 0 saturated heterocycles. The number of rotatable bonds is 4. The van der Waals surface area contributed by atoms with Gasteiger partial charge in [0.05, 0.1) is 5.56 Å². The van der Waals surface area contributed by atoms with E-state index in [0.717, 1.165) is 5.92 Å². The molecule has 0 spiro atoms. The molecule has 0 bridgehead atoms. The molecule has 1 saturated carbocycles.